The van der Waals surface area contributed by atoms with E-state index in [4.69, 9.17) is 4.42 Å². The van der Waals surface area contributed by atoms with Crippen LogP contribution < -0.4 is 5.32 Å². The molecule has 0 spiro atoms. The first kappa shape index (κ1) is 12.2. The normalized spacial score (nSPS) is 15.6. The Labute approximate surface area is 90.7 Å². The lowest BCUT2D eigenvalue weighted by Crippen LogP contribution is -2.41. The van der Waals surface area contributed by atoms with Gasteiger partial charge in [0, 0.05) is 6.54 Å². The lowest BCUT2D eigenvalue weighted by molar-refractivity contribution is 0.0136. The van der Waals surface area contributed by atoms with E-state index >= 15 is 0 Å². The van der Waals surface area contributed by atoms with Gasteiger partial charge in [0.05, 0.1) is 18.3 Å². The van der Waals surface area contributed by atoms with Gasteiger partial charge < -0.3 is 14.8 Å². The van der Waals surface area contributed by atoms with Gasteiger partial charge in [-0.3, -0.25) is 0 Å². The summed E-state index contributed by atoms with van der Waals surface area (Å²) in [7, 11) is 0. The van der Waals surface area contributed by atoms with Crippen molar-refractivity contribution < 1.29 is 9.52 Å². The lowest BCUT2D eigenvalue weighted by Gasteiger charge is -2.27. The van der Waals surface area contributed by atoms with E-state index < -0.39 is 5.60 Å². The Kier molecular flexibility index (Phi) is 3.88. The molecular weight excluding hydrogens is 192 g/mol. The maximum absolute atomic E-state index is 9.96. The van der Waals surface area contributed by atoms with Gasteiger partial charge in [0.1, 0.15) is 5.76 Å². The van der Waals surface area contributed by atoms with Gasteiger partial charge in [0.15, 0.2) is 0 Å². The minimum absolute atomic E-state index is 0.219. The third-order valence-electron chi connectivity index (χ3n) is 2.67. The lowest BCUT2D eigenvalue weighted by atomic mass is 9.93. The molecule has 4 nitrogen and oxygen atoms in total. The number of aryl methyl sites for hydroxylation is 1. The summed E-state index contributed by atoms with van der Waals surface area (Å²) < 4.78 is 5.30. The Balaban J connectivity index is 2.33. The number of nitrogens with zero attached hydrogens (tertiary/aromatic N) is 1. The summed E-state index contributed by atoms with van der Waals surface area (Å²) in [6, 6.07) is 0. The van der Waals surface area contributed by atoms with Crippen LogP contribution in [0.25, 0.3) is 0 Å². The van der Waals surface area contributed by atoms with Crippen LogP contribution in [0.1, 0.15) is 32.4 Å². The summed E-state index contributed by atoms with van der Waals surface area (Å²) in [5.41, 5.74) is -0.693. The topological polar surface area (TPSA) is 58.3 Å². The quantitative estimate of drug-likeness (QED) is 0.776. The molecule has 0 saturated heterocycles. The number of hydrogen-bond donors (Lipinski definition) is 2. The predicted molar refractivity (Wildman–Crippen MR) is 58.4 cm³/mol. The van der Waals surface area contributed by atoms with Crippen molar-refractivity contribution in [1.29, 1.82) is 0 Å². The molecule has 86 valence electrons. The average molecular weight is 212 g/mol. The fraction of sp³-hybridized carbons (Fsp3) is 0.727. The summed E-state index contributed by atoms with van der Waals surface area (Å²) in [4.78, 5) is 4.07. The van der Waals surface area contributed by atoms with Crippen molar-refractivity contribution in [2.75, 3.05) is 6.54 Å². The first-order valence-corrected chi connectivity index (χ1v) is 5.26. The highest BCUT2D eigenvalue weighted by molar-refractivity contribution is 4.90. The summed E-state index contributed by atoms with van der Waals surface area (Å²) in [5, 5.41) is 13.1. The summed E-state index contributed by atoms with van der Waals surface area (Å²) in [6.07, 6.45) is 1.69. The van der Waals surface area contributed by atoms with Gasteiger partial charge in [0.25, 0.3) is 0 Å². The highest BCUT2D eigenvalue weighted by atomic mass is 16.4. The molecular formula is C11H20N2O2. The molecule has 1 aromatic rings. The highest BCUT2D eigenvalue weighted by Crippen LogP contribution is 2.14. The van der Waals surface area contributed by atoms with Crippen LogP contribution in [0, 0.1) is 12.8 Å². The van der Waals surface area contributed by atoms with Crippen LogP contribution in [0.5, 0.6) is 0 Å². The largest absolute Gasteiger partial charge is 0.445 e. The van der Waals surface area contributed by atoms with Crippen molar-refractivity contribution in [3.05, 3.63) is 17.8 Å². The number of hydrogen-bond acceptors (Lipinski definition) is 4. The second-order valence-corrected chi connectivity index (χ2v) is 4.48. The third-order valence-corrected chi connectivity index (χ3v) is 2.67. The highest BCUT2D eigenvalue weighted by Gasteiger charge is 2.24. The van der Waals surface area contributed by atoms with Gasteiger partial charge in [-0.2, -0.15) is 0 Å². The van der Waals surface area contributed by atoms with E-state index in [1.165, 1.54) is 0 Å². The molecule has 0 amide bonds. The van der Waals surface area contributed by atoms with Crippen molar-refractivity contribution in [2.24, 2.45) is 5.92 Å². The van der Waals surface area contributed by atoms with E-state index in [9.17, 15) is 5.11 Å². The van der Waals surface area contributed by atoms with Crippen LogP contribution in [0.2, 0.25) is 0 Å². The van der Waals surface area contributed by atoms with E-state index in [1.807, 2.05) is 27.7 Å². The molecule has 1 unspecified atom stereocenters. The summed E-state index contributed by atoms with van der Waals surface area (Å²) in [5.74, 6) is 1.69. The van der Waals surface area contributed by atoms with Gasteiger partial charge in [-0.25, -0.2) is 4.98 Å². The molecule has 1 rings (SSSR count). The number of rotatable bonds is 5. The second kappa shape index (κ2) is 4.77. The predicted octanol–water partition coefficient (Wildman–Crippen LogP) is 1.48. The van der Waals surface area contributed by atoms with E-state index in [-0.39, 0.29) is 5.92 Å². The number of oxazole rings is 1. The number of aliphatic hydroxyl groups is 1. The van der Waals surface area contributed by atoms with Gasteiger partial charge in [0.2, 0.25) is 5.89 Å². The van der Waals surface area contributed by atoms with Gasteiger partial charge in [-0.15, -0.1) is 0 Å². The molecule has 15 heavy (non-hydrogen) atoms. The molecule has 0 fully saturated rings. The van der Waals surface area contributed by atoms with Gasteiger partial charge in [-0.05, 0) is 19.8 Å². The van der Waals surface area contributed by atoms with Crippen LogP contribution >= 0.6 is 0 Å². The average Bonchev–Trinajstić information content (AvgIpc) is 2.51. The second-order valence-electron chi connectivity index (χ2n) is 4.48. The summed E-state index contributed by atoms with van der Waals surface area (Å²) >= 11 is 0. The Morgan fingerprint density at radius 3 is 2.73 bits per heavy atom. The minimum atomic E-state index is -0.693. The van der Waals surface area contributed by atoms with Crippen molar-refractivity contribution in [1.82, 2.24) is 10.3 Å². The first-order chi connectivity index (χ1) is 6.92. The Morgan fingerprint density at radius 2 is 2.27 bits per heavy atom. The van der Waals surface area contributed by atoms with E-state index in [0.717, 1.165) is 5.76 Å². The first-order valence-electron chi connectivity index (χ1n) is 5.26. The van der Waals surface area contributed by atoms with Crippen LogP contribution in [-0.4, -0.2) is 22.2 Å². The molecule has 4 heteroatoms. The van der Waals surface area contributed by atoms with Gasteiger partial charge in [-0.1, -0.05) is 13.8 Å². The number of nitrogens with one attached hydrogen (secondary N) is 1. The van der Waals surface area contributed by atoms with E-state index in [1.54, 1.807) is 6.20 Å². The van der Waals surface area contributed by atoms with Crippen molar-refractivity contribution >= 4 is 0 Å². The minimum Gasteiger partial charge on any atom is -0.445 e. The molecule has 0 radical (unpaired) electrons. The molecule has 0 bridgehead atoms. The molecule has 0 saturated carbocycles. The maximum atomic E-state index is 9.96. The Hall–Kier alpha value is -0.870. The fourth-order valence-corrected chi connectivity index (χ4v) is 1.11. The molecule has 0 aliphatic rings. The summed E-state index contributed by atoms with van der Waals surface area (Å²) in [6.45, 7) is 8.77. The molecule has 1 aromatic heterocycles. The maximum Gasteiger partial charge on any atom is 0.208 e. The van der Waals surface area contributed by atoms with Crippen molar-refractivity contribution in [3.63, 3.8) is 0 Å². The SMILES string of the molecule is Cc1cnc(CNCC(C)(O)C(C)C)o1. The fourth-order valence-electron chi connectivity index (χ4n) is 1.11. The molecule has 1 atom stereocenters. The standard InChI is InChI=1S/C11H20N2O2/c1-8(2)11(4,14)7-12-6-10-13-5-9(3)15-10/h5,8,12,14H,6-7H2,1-4H3. The monoisotopic (exact) mass is 212 g/mol. The number of aromatic nitrogens is 1. The van der Waals surface area contributed by atoms with Gasteiger partial charge >= 0.3 is 0 Å². The van der Waals surface area contributed by atoms with E-state index in [0.29, 0.717) is 19.0 Å². The van der Waals surface area contributed by atoms with Crippen LogP contribution in [0.3, 0.4) is 0 Å². The third kappa shape index (κ3) is 3.64. The molecule has 2 N–H and O–H groups in total. The van der Waals surface area contributed by atoms with Crippen LogP contribution in [0.4, 0.5) is 0 Å². The molecule has 0 aromatic carbocycles. The zero-order valence-electron chi connectivity index (χ0n) is 9.87. The zero-order valence-corrected chi connectivity index (χ0v) is 9.87. The van der Waals surface area contributed by atoms with Crippen LogP contribution in [0.15, 0.2) is 10.6 Å². The Bertz CT molecular complexity index is 305. The smallest absolute Gasteiger partial charge is 0.208 e. The molecule has 1 heterocycles. The van der Waals surface area contributed by atoms with Crippen LogP contribution in [-0.2, 0) is 6.54 Å². The Morgan fingerprint density at radius 1 is 1.60 bits per heavy atom. The van der Waals surface area contributed by atoms with E-state index in [2.05, 4.69) is 10.3 Å². The zero-order chi connectivity index (χ0) is 11.5. The molecule has 0 aliphatic carbocycles. The van der Waals surface area contributed by atoms with Crippen molar-refractivity contribution in [2.45, 2.75) is 39.8 Å². The van der Waals surface area contributed by atoms with Crippen molar-refractivity contribution in [3.8, 4) is 0 Å². The molecule has 0 aliphatic heterocycles.